The molecule has 1 fully saturated rings. The molecule has 0 spiro atoms. The zero-order valence-electron chi connectivity index (χ0n) is 13.5. The number of hydrogen-bond donors (Lipinski definition) is 1. The van der Waals surface area contributed by atoms with Crippen LogP contribution in [0, 0.1) is 17.8 Å². The van der Waals surface area contributed by atoms with Gasteiger partial charge in [-0.05, 0) is 68.9 Å². The molecular weight excluding hydrogens is 260 g/mol. The van der Waals surface area contributed by atoms with Crippen molar-refractivity contribution in [1.82, 2.24) is 10.3 Å². The topological polar surface area (TPSA) is 42.0 Å². The highest BCUT2D eigenvalue weighted by atomic mass is 16.1. The van der Waals surface area contributed by atoms with Crippen molar-refractivity contribution in [3.63, 3.8) is 0 Å². The maximum absolute atomic E-state index is 11.0. The van der Waals surface area contributed by atoms with Crippen LogP contribution >= 0.6 is 0 Å². The molecule has 21 heavy (non-hydrogen) atoms. The number of rotatable bonds is 6. The van der Waals surface area contributed by atoms with Gasteiger partial charge in [0.15, 0.2) is 0 Å². The zero-order valence-corrected chi connectivity index (χ0v) is 13.5. The fourth-order valence-electron chi connectivity index (χ4n) is 3.67. The van der Waals surface area contributed by atoms with E-state index in [0.717, 1.165) is 43.2 Å². The van der Waals surface area contributed by atoms with Crippen LogP contribution in [0.25, 0.3) is 0 Å². The number of pyridine rings is 1. The molecule has 0 aromatic carbocycles. The van der Waals surface area contributed by atoms with Crippen LogP contribution in [0.1, 0.15) is 52.1 Å². The molecule has 1 aromatic heterocycles. The summed E-state index contributed by atoms with van der Waals surface area (Å²) in [5, 5.41) is 3.11. The lowest BCUT2D eigenvalue weighted by Crippen LogP contribution is -2.52. The summed E-state index contributed by atoms with van der Waals surface area (Å²) in [5.74, 6) is 2.04. The molecule has 3 atom stereocenters. The first-order valence-corrected chi connectivity index (χ1v) is 8.16. The van der Waals surface area contributed by atoms with E-state index in [4.69, 9.17) is 0 Å². The smallest absolute Gasteiger partial charge is 0.207 e. The second-order valence-electron chi connectivity index (χ2n) is 7.01. The van der Waals surface area contributed by atoms with Crippen molar-refractivity contribution >= 4 is 6.41 Å². The van der Waals surface area contributed by atoms with Gasteiger partial charge >= 0.3 is 0 Å². The first kappa shape index (κ1) is 16.0. The van der Waals surface area contributed by atoms with Gasteiger partial charge in [-0.15, -0.1) is 0 Å². The number of aromatic nitrogens is 1. The van der Waals surface area contributed by atoms with E-state index in [2.05, 4.69) is 37.1 Å². The van der Waals surface area contributed by atoms with Gasteiger partial charge in [-0.1, -0.05) is 19.9 Å². The van der Waals surface area contributed by atoms with Crippen molar-refractivity contribution in [1.29, 1.82) is 0 Å². The number of amides is 1. The Morgan fingerprint density at radius 2 is 2.29 bits per heavy atom. The van der Waals surface area contributed by atoms with Crippen molar-refractivity contribution in [2.45, 2.75) is 58.4 Å². The van der Waals surface area contributed by atoms with Gasteiger partial charge in [-0.3, -0.25) is 9.78 Å². The average Bonchev–Trinajstić information content (AvgIpc) is 2.47. The van der Waals surface area contributed by atoms with E-state index in [0.29, 0.717) is 5.92 Å². The van der Waals surface area contributed by atoms with E-state index >= 15 is 0 Å². The summed E-state index contributed by atoms with van der Waals surface area (Å²) in [7, 11) is 0. The molecule has 1 aromatic rings. The van der Waals surface area contributed by atoms with Gasteiger partial charge in [0.1, 0.15) is 0 Å². The van der Waals surface area contributed by atoms with Crippen LogP contribution in [0.2, 0.25) is 0 Å². The minimum atomic E-state index is -0.0537. The molecule has 1 amide bonds. The molecule has 2 rings (SSSR count). The Balaban J connectivity index is 2.04. The van der Waals surface area contributed by atoms with Crippen molar-refractivity contribution in [2.75, 3.05) is 0 Å². The summed E-state index contributed by atoms with van der Waals surface area (Å²) >= 11 is 0. The van der Waals surface area contributed by atoms with Crippen molar-refractivity contribution in [3.05, 3.63) is 30.1 Å². The maximum Gasteiger partial charge on any atom is 0.207 e. The van der Waals surface area contributed by atoms with E-state index in [-0.39, 0.29) is 5.54 Å². The molecule has 3 heteroatoms. The number of carbonyl (C=O) groups is 1. The van der Waals surface area contributed by atoms with Crippen LogP contribution in [0.3, 0.4) is 0 Å². The lowest BCUT2D eigenvalue weighted by molar-refractivity contribution is -0.112. The number of carbonyl (C=O) groups excluding carboxylic acids is 1. The number of aryl methyl sites for hydroxylation is 1. The highest BCUT2D eigenvalue weighted by Gasteiger charge is 2.39. The fourth-order valence-corrected chi connectivity index (χ4v) is 3.67. The molecule has 1 saturated carbocycles. The average molecular weight is 288 g/mol. The first-order valence-electron chi connectivity index (χ1n) is 8.16. The number of nitrogens with zero attached hydrogens (tertiary/aromatic N) is 1. The molecule has 0 saturated heterocycles. The summed E-state index contributed by atoms with van der Waals surface area (Å²) in [5.41, 5.74) is 1.10. The minimum Gasteiger partial charge on any atom is -0.353 e. The molecule has 1 aliphatic carbocycles. The second kappa shape index (κ2) is 7.06. The summed E-state index contributed by atoms with van der Waals surface area (Å²) in [6.45, 7) is 6.84. The Hall–Kier alpha value is -1.38. The maximum atomic E-state index is 11.0. The molecule has 0 radical (unpaired) electrons. The van der Waals surface area contributed by atoms with E-state index in [1.165, 1.54) is 12.8 Å². The van der Waals surface area contributed by atoms with E-state index in [9.17, 15) is 4.79 Å². The molecule has 0 aliphatic heterocycles. The van der Waals surface area contributed by atoms with Crippen LogP contribution in [0.4, 0.5) is 0 Å². The first-order chi connectivity index (χ1) is 10.0. The third kappa shape index (κ3) is 4.05. The van der Waals surface area contributed by atoms with E-state index in [1.807, 2.05) is 18.3 Å². The molecule has 0 bridgehead atoms. The minimum absolute atomic E-state index is 0.0537. The molecule has 1 N–H and O–H groups in total. The summed E-state index contributed by atoms with van der Waals surface area (Å²) < 4.78 is 0. The van der Waals surface area contributed by atoms with Gasteiger partial charge in [0.05, 0.1) is 0 Å². The van der Waals surface area contributed by atoms with Gasteiger partial charge in [0.25, 0.3) is 0 Å². The Bertz CT molecular complexity index is 446. The van der Waals surface area contributed by atoms with Gasteiger partial charge in [-0.25, -0.2) is 0 Å². The quantitative estimate of drug-likeness (QED) is 0.813. The fraction of sp³-hybridized carbons (Fsp3) is 0.667. The van der Waals surface area contributed by atoms with Gasteiger partial charge < -0.3 is 5.32 Å². The van der Waals surface area contributed by atoms with Crippen molar-refractivity contribution in [2.24, 2.45) is 17.8 Å². The molecule has 1 aliphatic rings. The van der Waals surface area contributed by atoms with Crippen LogP contribution < -0.4 is 5.32 Å². The largest absolute Gasteiger partial charge is 0.353 e. The molecule has 116 valence electrons. The van der Waals surface area contributed by atoms with Crippen LogP contribution in [-0.4, -0.2) is 16.9 Å². The highest BCUT2D eigenvalue weighted by molar-refractivity contribution is 5.48. The molecule has 3 nitrogen and oxygen atoms in total. The van der Waals surface area contributed by atoms with Gasteiger partial charge in [0, 0.05) is 17.4 Å². The van der Waals surface area contributed by atoms with Crippen LogP contribution in [-0.2, 0) is 11.2 Å². The lowest BCUT2D eigenvalue weighted by atomic mass is 9.65. The number of hydrogen-bond acceptors (Lipinski definition) is 2. The van der Waals surface area contributed by atoms with Crippen molar-refractivity contribution < 1.29 is 4.79 Å². The Labute approximate surface area is 128 Å². The normalized spacial score (nSPS) is 29.3. The van der Waals surface area contributed by atoms with Gasteiger partial charge in [-0.2, -0.15) is 0 Å². The molecule has 3 unspecified atom stereocenters. The monoisotopic (exact) mass is 288 g/mol. The third-order valence-electron chi connectivity index (χ3n) is 5.33. The zero-order chi connectivity index (χ0) is 15.3. The SMILES string of the molecule is CC(C)C1CCC(C)(NC=O)C(CCc2ccccn2)C1. The van der Waals surface area contributed by atoms with Crippen molar-refractivity contribution in [3.8, 4) is 0 Å². The van der Waals surface area contributed by atoms with Gasteiger partial charge in [0.2, 0.25) is 6.41 Å². The predicted molar refractivity (Wildman–Crippen MR) is 85.8 cm³/mol. The lowest BCUT2D eigenvalue weighted by Gasteiger charge is -2.45. The molecule has 1 heterocycles. The Kier molecular flexibility index (Phi) is 5.38. The third-order valence-corrected chi connectivity index (χ3v) is 5.33. The van der Waals surface area contributed by atoms with E-state index in [1.54, 1.807) is 0 Å². The predicted octanol–water partition coefficient (Wildman–Crippen LogP) is 3.59. The highest BCUT2D eigenvalue weighted by Crippen LogP contribution is 2.41. The number of nitrogens with one attached hydrogen (secondary N) is 1. The summed E-state index contributed by atoms with van der Waals surface area (Å²) in [4.78, 5) is 15.4. The Morgan fingerprint density at radius 3 is 2.90 bits per heavy atom. The van der Waals surface area contributed by atoms with Crippen LogP contribution in [0.15, 0.2) is 24.4 Å². The second-order valence-corrected chi connectivity index (χ2v) is 7.01. The van der Waals surface area contributed by atoms with E-state index < -0.39 is 0 Å². The molecular formula is C18H28N2O. The summed E-state index contributed by atoms with van der Waals surface area (Å²) in [6, 6.07) is 6.09. The standard InChI is InChI=1S/C18H28N2O/c1-14(2)15-9-10-18(3,20-13-21)16(12-15)7-8-17-6-4-5-11-19-17/h4-6,11,13-16H,7-10,12H2,1-3H3,(H,20,21). The van der Waals surface area contributed by atoms with Crippen LogP contribution in [0.5, 0.6) is 0 Å². The Morgan fingerprint density at radius 1 is 1.48 bits per heavy atom. The summed E-state index contributed by atoms with van der Waals surface area (Å²) in [6.07, 6.45) is 8.34.